The highest BCUT2D eigenvalue weighted by atomic mass is 16.3. The van der Waals surface area contributed by atoms with Crippen molar-refractivity contribution in [3.8, 4) is 0 Å². The molecular formula is C8H16N2O2. The molecule has 4 nitrogen and oxygen atoms in total. The summed E-state index contributed by atoms with van der Waals surface area (Å²) in [5.41, 5.74) is 0. The zero-order valence-corrected chi connectivity index (χ0v) is 7.11. The summed E-state index contributed by atoms with van der Waals surface area (Å²) in [4.78, 5) is 2.13. The first-order chi connectivity index (χ1) is 5.77. The first-order valence-electron chi connectivity index (χ1n) is 4.61. The third kappa shape index (κ3) is 1.47. The van der Waals surface area contributed by atoms with Gasteiger partial charge in [-0.1, -0.05) is 0 Å². The Morgan fingerprint density at radius 3 is 2.58 bits per heavy atom. The predicted octanol–water partition coefficient (Wildman–Crippen LogP) is -1.27. The minimum atomic E-state index is -0.254. The van der Waals surface area contributed by atoms with Gasteiger partial charge >= 0.3 is 0 Å². The first kappa shape index (κ1) is 8.44. The average Bonchev–Trinajstić information content (AvgIpc) is 2.58. The molecule has 0 saturated carbocycles. The highest BCUT2D eigenvalue weighted by Gasteiger charge is 2.34. The van der Waals surface area contributed by atoms with Crippen LogP contribution in [-0.2, 0) is 0 Å². The van der Waals surface area contributed by atoms with Crippen LogP contribution in [0, 0.1) is 0 Å². The monoisotopic (exact) mass is 172 g/mol. The molecule has 70 valence electrons. The number of likely N-dealkylation sites (tertiary alicyclic amines) is 1. The highest BCUT2D eigenvalue weighted by molar-refractivity contribution is 4.88. The van der Waals surface area contributed by atoms with E-state index in [-0.39, 0.29) is 18.4 Å². The molecule has 3 N–H and O–H groups in total. The van der Waals surface area contributed by atoms with E-state index < -0.39 is 0 Å². The topological polar surface area (TPSA) is 55.7 Å². The van der Waals surface area contributed by atoms with Gasteiger partial charge in [0, 0.05) is 13.1 Å². The summed E-state index contributed by atoms with van der Waals surface area (Å²) in [5, 5.41) is 22.1. The number of β-amino-alcohol motifs (C(OH)–C–C–N with tert-alkyl or cyclic N) is 1. The first-order valence-corrected chi connectivity index (χ1v) is 4.61. The number of rotatable bonds is 1. The smallest absolute Gasteiger partial charge is 0.0866 e. The third-order valence-corrected chi connectivity index (χ3v) is 2.75. The van der Waals surface area contributed by atoms with Crippen LogP contribution in [0.25, 0.3) is 0 Å². The van der Waals surface area contributed by atoms with Gasteiger partial charge in [0.2, 0.25) is 0 Å². The fraction of sp³-hybridized carbons (Fsp3) is 1.00. The van der Waals surface area contributed by atoms with Gasteiger partial charge in [-0.2, -0.15) is 0 Å². The van der Waals surface area contributed by atoms with E-state index in [0.29, 0.717) is 6.54 Å². The van der Waals surface area contributed by atoms with E-state index in [1.165, 1.54) is 0 Å². The summed E-state index contributed by atoms with van der Waals surface area (Å²) in [7, 11) is 0. The van der Waals surface area contributed by atoms with Crippen LogP contribution in [0.3, 0.4) is 0 Å². The average molecular weight is 172 g/mol. The molecular weight excluding hydrogens is 156 g/mol. The van der Waals surface area contributed by atoms with Crippen molar-refractivity contribution in [3.63, 3.8) is 0 Å². The Bertz CT molecular complexity index is 165. The van der Waals surface area contributed by atoms with Crippen molar-refractivity contribution in [2.24, 2.45) is 0 Å². The Kier molecular flexibility index (Phi) is 2.32. The van der Waals surface area contributed by atoms with Crippen molar-refractivity contribution in [2.45, 2.75) is 31.2 Å². The van der Waals surface area contributed by atoms with E-state index >= 15 is 0 Å². The van der Waals surface area contributed by atoms with Gasteiger partial charge in [-0.25, -0.2) is 0 Å². The summed E-state index contributed by atoms with van der Waals surface area (Å²) in [5.74, 6) is 0. The van der Waals surface area contributed by atoms with Gasteiger partial charge in [-0.05, 0) is 19.4 Å². The lowest BCUT2D eigenvalue weighted by atomic mass is 10.2. The summed E-state index contributed by atoms with van der Waals surface area (Å²) >= 11 is 0. The Labute approximate surface area is 72.2 Å². The molecule has 0 bridgehead atoms. The molecule has 12 heavy (non-hydrogen) atoms. The maximum Gasteiger partial charge on any atom is 0.0866 e. The fourth-order valence-electron chi connectivity index (χ4n) is 2.07. The molecule has 0 spiro atoms. The predicted molar refractivity (Wildman–Crippen MR) is 44.6 cm³/mol. The summed E-state index contributed by atoms with van der Waals surface area (Å²) < 4.78 is 0. The van der Waals surface area contributed by atoms with Crippen LogP contribution in [0.1, 0.15) is 12.8 Å². The van der Waals surface area contributed by atoms with E-state index in [2.05, 4.69) is 10.2 Å². The molecule has 0 radical (unpaired) electrons. The minimum Gasteiger partial charge on any atom is -0.392 e. The second kappa shape index (κ2) is 3.30. The molecule has 2 rings (SSSR count). The zero-order chi connectivity index (χ0) is 8.55. The maximum absolute atomic E-state index is 9.55. The lowest BCUT2D eigenvalue weighted by molar-refractivity contribution is 0.0659. The number of nitrogens with zero attached hydrogens (tertiary/aromatic N) is 1. The molecule has 0 unspecified atom stereocenters. The molecule has 4 heteroatoms. The largest absolute Gasteiger partial charge is 0.392 e. The minimum absolute atomic E-state index is 0.0853. The van der Waals surface area contributed by atoms with Crippen LogP contribution in [0.15, 0.2) is 0 Å². The summed E-state index contributed by atoms with van der Waals surface area (Å²) in [6, 6.07) is 0. The second-order valence-corrected chi connectivity index (χ2v) is 3.69. The van der Waals surface area contributed by atoms with Crippen LogP contribution in [-0.4, -0.2) is 53.1 Å². The zero-order valence-electron chi connectivity index (χ0n) is 7.11. The molecule has 0 aliphatic carbocycles. The number of hydrogen-bond donors (Lipinski definition) is 3. The number of aliphatic hydroxyl groups excluding tert-OH is 2. The van der Waals surface area contributed by atoms with E-state index in [0.717, 1.165) is 25.9 Å². The van der Waals surface area contributed by atoms with Crippen LogP contribution in [0.4, 0.5) is 0 Å². The van der Waals surface area contributed by atoms with Crippen LogP contribution >= 0.6 is 0 Å². The maximum atomic E-state index is 9.55. The van der Waals surface area contributed by atoms with E-state index in [1.807, 2.05) is 0 Å². The van der Waals surface area contributed by atoms with Crippen LogP contribution in [0.2, 0.25) is 0 Å². The molecule has 2 fully saturated rings. The van der Waals surface area contributed by atoms with Crippen molar-refractivity contribution < 1.29 is 10.2 Å². The molecule has 3 atom stereocenters. The van der Waals surface area contributed by atoms with Crippen molar-refractivity contribution >= 4 is 0 Å². The van der Waals surface area contributed by atoms with Crippen molar-refractivity contribution in [1.82, 2.24) is 10.2 Å². The van der Waals surface area contributed by atoms with Gasteiger partial charge in [0.15, 0.2) is 0 Å². The molecule has 2 aliphatic heterocycles. The molecule has 0 amide bonds. The van der Waals surface area contributed by atoms with Gasteiger partial charge in [-0.15, -0.1) is 0 Å². The molecule has 2 aliphatic rings. The van der Waals surface area contributed by atoms with Crippen molar-refractivity contribution in [1.29, 1.82) is 0 Å². The number of nitrogens with one attached hydrogen (secondary N) is 1. The Morgan fingerprint density at radius 2 is 2.08 bits per heavy atom. The van der Waals surface area contributed by atoms with Gasteiger partial charge in [0.05, 0.1) is 18.4 Å². The summed E-state index contributed by atoms with van der Waals surface area (Å²) in [6.45, 7) is 2.49. The van der Waals surface area contributed by atoms with Gasteiger partial charge < -0.3 is 10.2 Å². The molecule has 0 aromatic carbocycles. The third-order valence-electron chi connectivity index (χ3n) is 2.75. The molecule has 0 aromatic heterocycles. The Balaban J connectivity index is 1.91. The quantitative estimate of drug-likeness (QED) is 0.462. The number of hydrogen-bond acceptors (Lipinski definition) is 4. The second-order valence-electron chi connectivity index (χ2n) is 3.69. The Hall–Kier alpha value is -0.160. The van der Waals surface area contributed by atoms with E-state index in [4.69, 9.17) is 0 Å². The van der Waals surface area contributed by atoms with Crippen molar-refractivity contribution in [3.05, 3.63) is 0 Å². The van der Waals surface area contributed by atoms with Crippen LogP contribution in [0.5, 0.6) is 0 Å². The summed E-state index contributed by atoms with van der Waals surface area (Å²) in [6.07, 6.45) is 1.30. The molecule has 2 saturated heterocycles. The van der Waals surface area contributed by atoms with Gasteiger partial charge in [0.25, 0.3) is 0 Å². The lowest BCUT2D eigenvalue weighted by Crippen LogP contribution is -2.46. The standard InChI is InChI=1S/C8H16N2O2/c11-6-2-4-10(5-6)8-7(12)1-3-9-8/h6-9,11-12H,1-5H2/t6-,7-,8+/m1/s1. The number of aliphatic hydroxyl groups is 2. The normalized spacial score (nSPS) is 44.0. The van der Waals surface area contributed by atoms with E-state index in [9.17, 15) is 10.2 Å². The SMILES string of the molecule is O[C@@H]1CCN([C@@H]2NCC[C@H]2O)C1. The van der Waals surface area contributed by atoms with Crippen molar-refractivity contribution in [2.75, 3.05) is 19.6 Å². The fourth-order valence-corrected chi connectivity index (χ4v) is 2.07. The Morgan fingerprint density at radius 1 is 1.25 bits per heavy atom. The lowest BCUT2D eigenvalue weighted by Gasteiger charge is -2.26. The van der Waals surface area contributed by atoms with Gasteiger partial charge in [0.1, 0.15) is 0 Å². The molecule has 2 heterocycles. The van der Waals surface area contributed by atoms with Crippen LogP contribution < -0.4 is 5.32 Å². The van der Waals surface area contributed by atoms with Gasteiger partial charge in [-0.3, -0.25) is 10.2 Å². The van der Waals surface area contributed by atoms with E-state index in [1.54, 1.807) is 0 Å². The highest BCUT2D eigenvalue weighted by Crippen LogP contribution is 2.17. The molecule has 0 aromatic rings.